The number of aryl methyl sites for hydroxylation is 1. The third-order valence-corrected chi connectivity index (χ3v) is 9.28. The first kappa shape index (κ1) is 34.5. The lowest BCUT2D eigenvalue weighted by molar-refractivity contribution is -0.140. The molecule has 0 aromatic heterocycles. The van der Waals surface area contributed by atoms with Gasteiger partial charge in [-0.1, -0.05) is 77.8 Å². The summed E-state index contributed by atoms with van der Waals surface area (Å²) in [5, 5.41) is 3.21. The van der Waals surface area contributed by atoms with Crippen LogP contribution in [0.1, 0.15) is 29.2 Å². The van der Waals surface area contributed by atoms with Crippen molar-refractivity contribution in [3.8, 4) is 0 Å². The van der Waals surface area contributed by atoms with Gasteiger partial charge in [0.15, 0.2) is 0 Å². The lowest BCUT2D eigenvalue weighted by Gasteiger charge is -2.34. The van der Waals surface area contributed by atoms with Gasteiger partial charge >= 0.3 is 6.18 Å². The number of carbonyl (C=O) groups excluding carboxylic acids is 2. The van der Waals surface area contributed by atoms with E-state index in [1.807, 2.05) is 6.07 Å². The maximum absolute atomic E-state index is 14.3. The largest absolute Gasteiger partial charge is 0.416 e. The zero-order valence-corrected chi connectivity index (χ0v) is 26.7. The van der Waals surface area contributed by atoms with E-state index >= 15 is 0 Å². The van der Waals surface area contributed by atoms with Gasteiger partial charge in [-0.2, -0.15) is 13.2 Å². The van der Waals surface area contributed by atoms with Crippen molar-refractivity contribution in [3.63, 3.8) is 0 Å². The number of likely N-dealkylation sites (N-methyl/N-ethyl adjacent to an activating group) is 1. The molecule has 1 N–H and O–H groups in total. The van der Waals surface area contributed by atoms with Crippen molar-refractivity contribution in [2.75, 3.05) is 17.4 Å². The Kier molecular flexibility index (Phi) is 11.1. The van der Waals surface area contributed by atoms with Gasteiger partial charge in [0.25, 0.3) is 10.0 Å². The van der Waals surface area contributed by atoms with E-state index in [0.29, 0.717) is 21.0 Å². The van der Waals surface area contributed by atoms with Gasteiger partial charge in [0, 0.05) is 24.5 Å². The normalized spacial score (nSPS) is 12.3. The molecule has 2 amide bonds. The molecule has 0 unspecified atom stereocenters. The Hall–Kier alpha value is -4.35. The minimum atomic E-state index is -4.76. The van der Waals surface area contributed by atoms with E-state index in [0.717, 1.165) is 23.3 Å². The standard InChI is InChI=1S/C34H33ClF3N3O4S/c1-3-39-33(43)31(20-25-8-5-4-6-9-25)40(22-26-14-16-28(35)17-15-26)32(42)23-41(29-11-7-10-27(21-29)34(36,37)38)46(44,45)30-18-12-24(2)13-19-30/h4-19,21,31H,3,20,22-23H2,1-2H3,(H,39,43)/t31-/m1/s1. The van der Waals surface area contributed by atoms with Crippen LogP contribution >= 0.6 is 11.6 Å². The molecule has 0 aliphatic heterocycles. The molecule has 46 heavy (non-hydrogen) atoms. The maximum Gasteiger partial charge on any atom is 0.416 e. The summed E-state index contributed by atoms with van der Waals surface area (Å²) in [5.74, 6) is -1.27. The monoisotopic (exact) mass is 671 g/mol. The van der Waals surface area contributed by atoms with Crippen LogP contribution in [-0.2, 0) is 38.8 Å². The molecule has 0 heterocycles. The first-order valence-electron chi connectivity index (χ1n) is 14.4. The highest BCUT2D eigenvalue weighted by Gasteiger charge is 2.36. The third kappa shape index (κ3) is 8.67. The fourth-order valence-electron chi connectivity index (χ4n) is 4.84. The molecule has 12 heteroatoms. The van der Waals surface area contributed by atoms with Crippen LogP contribution in [0.15, 0.2) is 108 Å². The summed E-state index contributed by atoms with van der Waals surface area (Å²) in [6, 6.07) is 24.0. The average molecular weight is 672 g/mol. The van der Waals surface area contributed by atoms with Crippen LogP contribution in [0.5, 0.6) is 0 Å². The number of hydrogen-bond donors (Lipinski definition) is 1. The molecule has 0 fully saturated rings. The van der Waals surface area contributed by atoms with E-state index in [2.05, 4.69) is 5.32 Å². The molecule has 4 rings (SSSR count). The number of alkyl halides is 3. The van der Waals surface area contributed by atoms with Crippen molar-refractivity contribution in [2.24, 2.45) is 0 Å². The van der Waals surface area contributed by atoms with Crippen molar-refractivity contribution in [1.82, 2.24) is 10.2 Å². The molecule has 0 saturated heterocycles. The van der Waals surface area contributed by atoms with E-state index in [-0.39, 0.29) is 30.1 Å². The second kappa shape index (κ2) is 14.8. The molecule has 7 nitrogen and oxygen atoms in total. The van der Waals surface area contributed by atoms with Crippen LogP contribution in [0, 0.1) is 6.92 Å². The summed E-state index contributed by atoms with van der Waals surface area (Å²) in [4.78, 5) is 28.9. The predicted octanol–water partition coefficient (Wildman–Crippen LogP) is 6.64. The first-order chi connectivity index (χ1) is 21.8. The quantitative estimate of drug-likeness (QED) is 0.183. The fraction of sp³-hybridized carbons (Fsp3) is 0.235. The van der Waals surface area contributed by atoms with Gasteiger partial charge in [-0.3, -0.25) is 13.9 Å². The summed E-state index contributed by atoms with van der Waals surface area (Å²) in [5.41, 5.74) is 0.680. The Morgan fingerprint density at radius 3 is 2.13 bits per heavy atom. The molecule has 4 aromatic carbocycles. The van der Waals surface area contributed by atoms with E-state index in [1.165, 1.54) is 23.1 Å². The average Bonchev–Trinajstić information content (AvgIpc) is 3.02. The Balaban J connectivity index is 1.83. The van der Waals surface area contributed by atoms with Gasteiger partial charge < -0.3 is 10.2 Å². The van der Waals surface area contributed by atoms with Crippen LogP contribution in [-0.4, -0.2) is 44.3 Å². The highest BCUT2D eigenvalue weighted by Crippen LogP contribution is 2.33. The second-order valence-corrected chi connectivity index (χ2v) is 12.9. The number of carbonyl (C=O) groups is 2. The number of nitrogens with one attached hydrogen (secondary N) is 1. The number of rotatable bonds is 12. The number of sulfonamides is 1. The minimum absolute atomic E-state index is 0.0975. The van der Waals surface area contributed by atoms with E-state index in [1.54, 1.807) is 74.5 Å². The molecule has 0 saturated carbocycles. The van der Waals surface area contributed by atoms with Crippen molar-refractivity contribution < 1.29 is 31.2 Å². The van der Waals surface area contributed by atoms with Gasteiger partial charge in [-0.25, -0.2) is 8.42 Å². The maximum atomic E-state index is 14.3. The van der Waals surface area contributed by atoms with E-state index < -0.39 is 46.2 Å². The van der Waals surface area contributed by atoms with Crippen LogP contribution < -0.4 is 9.62 Å². The van der Waals surface area contributed by atoms with Crippen molar-refractivity contribution >= 4 is 39.1 Å². The second-order valence-electron chi connectivity index (χ2n) is 10.6. The summed E-state index contributed by atoms with van der Waals surface area (Å²) < 4.78 is 69.9. The molecule has 4 aromatic rings. The highest BCUT2D eigenvalue weighted by molar-refractivity contribution is 7.92. The lowest BCUT2D eigenvalue weighted by atomic mass is 10.0. The smallest absolute Gasteiger partial charge is 0.355 e. The van der Waals surface area contributed by atoms with Gasteiger partial charge in [-0.15, -0.1) is 0 Å². The third-order valence-electron chi connectivity index (χ3n) is 7.24. The molecule has 0 bridgehead atoms. The zero-order chi connectivity index (χ0) is 33.5. The van der Waals surface area contributed by atoms with Gasteiger partial charge in [0.05, 0.1) is 16.1 Å². The Labute approximate surface area is 271 Å². The molecule has 0 spiro atoms. The molecule has 242 valence electrons. The Morgan fingerprint density at radius 2 is 1.52 bits per heavy atom. The number of nitrogens with zero attached hydrogens (tertiary/aromatic N) is 2. The first-order valence-corrected chi connectivity index (χ1v) is 16.2. The Bertz CT molecular complexity index is 1750. The zero-order valence-electron chi connectivity index (χ0n) is 25.2. The molecule has 1 atom stereocenters. The SMILES string of the molecule is CCNC(=O)[C@@H](Cc1ccccc1)N(Cc1ccc(Cl)cc1)C(=O)CN(c1cccc(C(F)(F)F)c1)S(=O)(=O)c1ccc(C)cc1. The number of benzene rings is 4. The number of amides is 2. The van der Waals surface area contributed by atoms with E-state index in [4.69, 9.17) is 11.6 Å². The van der Waals surface area contributed by atoms with Gasteiger partial charge in [0.1, 0.15) is 12.6 Å². The summed E-state index contributed by atoms with van der Waals surface area (Å²) in [6.07, 6.45) is -4.67. The fourth-order valence-corrected chi connectivity index (χ4v) is 6.37. The Morgan fingerprint density at radius 1 is 0.870 bits per heavy atom. The molecule has 0 aliphatic carbocycles. The number of anilines is 1. The highest BCUT2D eigenvalue weighted by atomic mass is 35.5. The number of halogens is 4. The predicted molar refractivity (Wildman–Crippen MR) is 172 cm³/mol. The molecule has 0 aliphatic rings. The lowest BCUT2D eigenvalue weighted by Crippen LogP contribution is -2.53. The van der Waals surface area contributed by atoms with Crippen LogP contribution in [0.3, 0.4) is 0 Å². The summed E-state index contributed by atoms with van der Waals surface area (Å²) in [6.45, 7) is 2.77. The van der Waals surface area contributed by atoms with Crippen molar-refractivity contribution in [2.45, 2.75) is 43.9 Å². The van der Waals surface area contributed by atoms with Crippen molar-refractivity contribution in [3.05, 3.63) is 130 Å². The van der Waals surface area contributed by atoms with Crippen LogP contribution in [0.25, 0.3) is 0 Å². The summed E-state index contributed by atoms with van der Waals surface area (Å²) in [7, 11) is -4.55. The summed E-state index contributed by atoms with van der Waals surface area (Å²) >= 11 is 6.07. The molecular weight excluding hydrogens is 639 g/mol. The van der Waals surface area contributed by atoms with E-state index in [9.17, 15) is 31.2 Å². The number of hydrogen-bond acceptors (Lipinski definition) is 4. The molecular formula is C34H33ClF3N3O4S. The topological polar surface area (TPSA) is 86.8 Å². The van der Waals surface area contributed by atoms with Gasteiger partial charge in [-0.05, 0) is 67.4 Å². The van der Waals surface area contributed by atoms with Crippen LogP contribution in [0.4, 0.5) is 18.9 Å². The molecule has 0 radical (unpaired) electrons. The van der Waals surface area contributed by atoms with Gasteiger partial charge in [0.2, 0.25) is 11.8 Å². The van der Waals surface area contributed by atoms with Crippen LogP contribution in [0.2, 0.25) is 5.02 Å². The minimum Gasteiger partial charge on any atom is -0.355 e. The van der Waals surface area contributed by atoms with Crippen molar-refractivity contribution in [1.29, 1.82) is 0 Å².